The number of ketones is 1. The summed E-state index contributed by atoms with van der Waals surface area (Å²) < 4.78 is 4.29. The zero-order valence-electron chi connectivity index (χ0n) is 9.62. The normalized spacial score (nSPS) is 9.61. The molecular weight excluding hydrogens is 242 g/mol. The Labute approximate surface area is 102 Å². The highest BCUT2D eigenvalue weighted by Gasteiger charge is 2.14. The van der Waals surface area contributed by atoms with Gasteiger partial charge in [-0.05, 0) is 11.1 Å². The fraction of sp³-hybridized carbons (Fsp3) is 0.273. The van der Waals surface area contributed by atoms with E-state index in [4.69, 9.17) is 0 Å². The minimum absolute atomic E-state index is 0.112. The van der Waals surface area contributed by atoms with Crippen LogP contribution in [0, 0.1) is 10.1 Å². The van der Waals surface area contributed by atoms with Crippen LogP contribution in [0.1, 0.15) is 11.1 Å². The molecule has 18 heavy (non-hydrogen) atoms. The van der Waals surface area contributed by atoms with Gasteiger partial charge in [0.25, 0.3) is 5.09 Å². The van der Waals surface area contributed by atoms with E-state index in [0.29, 0.717) is 11.1 Å². The lowest BCUT2D eigenvalue weighted by molar-refractivity contribution is -0.763. The number of nitrogens with zero attached hydrogens (tertiary/aromatic N) is 1. The maximum absolute atomic E-state index is 11.3. The van der Waals surface area contributed by atoms with E-state index < -0.39 is 16.8 Å². The van der Waals surface area contributed by atoms with Gasteiger partial charge < -0.3 is 9.57 Å². The second kappa shape index (κ2) is 6.33. The van der Waals surface area contributed by atoms with Gasteiger partial charge in [-0.15, -0.1) is 10.1 Å². The van der Waals surface area contributed by atoms with Gasteiger partial charge in [-0.3, -0.25) is 4.79 Å². The maximum Gasteiger partial charge on any atom is 0.374 e. The first-order valence-corrected chi connectivity index (χ1v) is 4.99. The average Bonchev–Trinajstić information content (AvgIpc) is 2.35. The first-order chi connectivity index (χ1) is 8.52. The fourth-order valence-electron chi connectivity index (χ4n) is 1.33. The number of rotatable bonds is 6. The molecule has 0 aromatic heterocycles. The molecule has 0 radical (unpaired) electrons. The molecule has 0 saturated carbocycles. The summed E-state index contributed by atoms with van der Waals surface area (Å²) in [5.74, 6) is -1.59. The van der Waals surface area contributed by atoms with Crippen molar-refractivity contribution in [2.75, 3.05) is 7.11 Å². The van der Waals surface area contributed by atoms with Crippen LogP contribution in [0.5, 0.6) is 0 Å². The quantitative estimate of drug-likeness (QED) is 0.320. The zero-order valence-corrected chi connectivity index (χ0v) is 9.62. The van der Waals surface area contributed by atoms with Crippen molar-refractivity contribution < 1.29 is 24.3 Å². The Bertz CT molecular complexity index is 470. The predicted octanol–water partition coefficient (Wildman–Crippen LogP) is 0.679. The number of hydrogen-bond acceptors (Lipinski definition) is 6. The Balaban J connectivity index is 2.67. The number of hydrogen-bond donors (Lipinski definition) is 0. The monoisotopic (exact) mass is 253 g/mol. The molecule has 0 aliphatic rings. The molecule has 7 nitrogen and oxygen atoms in total. The number of methoxy groups -OCH3 is 1. The van der Waals surface area contributed by atoms with Gasteiger partial charge in [-0.1, -0.05) is 24.3 Å². The smallest absolute Gasteiger partial charge is 0.374 e. The number of carbonyl (C=O) groups excluding carboxylic acids is 2. The molecule has 0 fully saturated rings. The minimum atomic E-state index is -0.915. The number of carbonyl (C=O) groups is 2. The van der Waals surface area contributed by atoms with Crippen molar-refractivity contribution in [3.05, 3.63) is 45.5 Å². The van der Waals surface area contributed by atoms with Gasteiger partial charge >= 0.3 is 5.97 Å². The molecular formula is C11H11NO6. The second-order valence-corrected chi connectivity index (χ2v) is 3.41. The van der Waals surface area contributed by atoms with Crippen molar-refractivity contribution in [1.29, 1.82) is 0 Å². The first-order valence-electron chi connectivity index (χ1n) is 4.99. The van der Waals surface area contributed by atoms with Gasteiger partial charge in [-0.2, -0.15) is 0 Å². The van der Waals surface area contributed by atoms with Crippen LogP contribution in [-0.4, -0.2) is 23.9 Å². The van der Waals surface area contributed by atoms with Crippen molar-refractivity contribution in [3.8, 4) is 0 Å². The number of esters is 1. The van der Waals surface area contributed by atoms with Gasteiger partial charge in [0.15, 0.2) is 0 Å². The third kappa shape index (κ3) is 4.20. The van der Waals surface area contributed by atoms with Crippen molar-refractivity contribution >= 4 is 11.8 Å². The van der Waals surface area contributed by atoms with Crippen LogP contribution in [0.4, 0.5) is 0 Å². The number of Topliss-reactive ketones (excluding diaryl/α,β-unsaturated/α-hetero) is 1. The highest BCUT2D eigenvalue weighted by molar-refractivity contribution is 6.34. The van der Waals surface area contributed by atoms with Crippen molar-refractivity contribution in [1.82, 2.24) is 0 Å². The molecule has 0 aliphatic heterocycles. The largest absolute Gasteiger partial charge is 0.463 e. The second-order valence-electron chi connectivity index (χ2n) is 3.41. The van der Waals surface area contributed by atoms with Crippen LogP contribution < -0.4 is 0 Å². The Hall–Kier alpha value is -2.44. The van der Waals surface area contributed by atoms with Crippen LogP contribution in [0.15, 0.2) is 24.3 Å². The van der Waals surface area contributed by atoms with Gasteiger partial charge in [0.1, 0.15) is 6.61 Å². The lowest BCUT2D eigenvalue weighted by atomic mass is 10.1. The first kappa shape index (κ1) is 13.6. The number of benzene rings is 1. The van der Waals surface area contributed by atoms with E-state index in [0.717, 1.165) is 7.11 Å². The standard InChI is InChI=1S/C11H11NO6/c1-17-11(14)10(13)6-8-3-2-4-9(5-8)7-18-12(15)16/h2-5H,6-7H2,1H3. The van der Waals surface area contributed by atoms with E-state index in [1.807, 2.05) is 0 Å². The van der Waals surface area contributed by atoms with E-state index in [9.17, 15) is 19.7 Å². The molecule has 1 aromatic rings. The molecule has 0 spiro atoms. The van der Waals surface area contributed by atoms with Crippen LogP contribution in [0.2, 0.25) is 0 Å². The Kier molecular flexibility index (Phi) is 4.79. The van der Waals surface area contributed by atoms with Gasteiger partial charge in [0.2, 0.25) is 5.78 Å². The Morgan fingerprint density at radius 2 is 2.00 bits per heavy atom. The molecule has 0 heterocycles. The molecule has 0 atom stereocenters. The van der Waals surface area contributed by atoms with E-state index >= 15 is 0 Å². The summed E-state index contributed by atoms with van der Waals surface area (Å²) >= 11 is 0. The van der Waals surface area contributed by atoms with Crippen LogP contribution >= 0.6 is 0 Å². The van der Waals surface area contributed by atoms with Crippen LogP contribution in [0.3, 0.4) is 0 Å². The summed E-state index contributed by atoms with van der Waals surface area (Å²) in [6, 6.07) is 6.44. The van der Waals surface area contributed by atoms with Gasteiger partial charge in [0.05, 0.1) is 7.11 Å². The minimum Gasteiger partial charge on any atom is -0.463 e. The number of ether oxygens (including phenoxy) is 1. The lowest BCUT2D eigenvalue weighted by Gasteiger charge is -2.03. The summed E-state index contributed by atoms with van der Waals surface area (Å²) in [5, 5.41) is 9.13. The van der Waals surface area contributed by atoms with E-state index in [1.165, 1.54) is 0 Å². The van der Waals surface area contributed by atoms with E-state index in [1.54, 1.807) is 24.3 Å². The molecule has 1 aromatic carbocycles. The molecule has 7 heteroatoms. The van der Waals surface area contributed by atoms with Gasteiger partial charge in [-0.25, -0.2) is 4.79 Å². The fourth-order valence-corrected chi connectivity index (χ4v) is 1.33. The predicted molar refractivity (Wildman–Crippen MR) is 59.0 cm³/mol. The third-order valence-corrected chi connectivity index (χ3v) is 2.11. The summed E-state index contributed by atoms with van der Waals surface area (Å²) in [6.07, 6.45) is -0.112. The molecule has 96 valence electrons. The zero-order chi connectivity index (χ0) is 13.5. The van der Waals surface area contributed by atoms with Crippen LogP contribution in [0.25, 0.3) is 0 Å². The topological polar surface area (TPSA) is 95.7 Å². The van der Waals surface area contributed by atoms with E-state index in [2.05, 4.69) is 9.57 Å². The molecule has 0 unspecified atom stereocenters. The molecule has 0 amide bonds. The summed E-state index contributed by atoms with van der Waals surface area (Å²) in [7, 11) is 1.13. The summed E-state index contributed by atoms with van der Waals surface area (Å²) in [6.45, 7) is -0.201. The van der Waals surface area contributed by atoms with Crippen molar-refractivity contribution in [2.24, 2.45) is 0 Å². The maximum atomic E-state index is 11.3. The van der Waals surface area contributed by atoms with Crippen LogP contribution in [-0.2, 0) is 32.2 Å². The SMILES string of the molecule is COC(=O)C(=O)Cc1cccc(CO[N+](=O)[O-])c1. The highest BCUT2D eigenvalue weighted by Crippen LogP contribution is 2.08. The lowest BCUT2D eigenvalue weighted by Crippen LogP contribution is -2.17. The average molecular weight is 253 g/mol. The Morgan fingerprint density at radius 1 is 1.33 bits per heavy atom. The third-order valence-electron chi connectivity index (χ3n) is 2.11. The van der Waals surface area contributed by atoms with Crippen molar-refractivity contribution in [3.63, 3.8) is 0 Å². The highest BCUT2D eigenvalue weighted by atomic mass is 16.9. The molecule has 0 N–H and O–H groups in total. The summed E-state index contributed by atoms with van der Waals surface area (Å²) in [5.41, 5.74) is 1.11. The van der Waals surface area contributed by atoms with E-state index in [-0.39, 0.29) is 13.0 Å². The Morgan fingerprint density at radius 3 is 2.61 bits per heavy atom. The molecule has 0 bridgehead atoms. The molecule has 1 rings (SSSR count). The summed E-state index contributed by atoms with van der Waals surface area (Å²) in [4.78, 5) is 36.5. The van der Waals surface area contributed by atoms with Crippen molar-refractivity contribution in [2.45, 2.75) is 13.0 Å². The molecule has 0 aliphatic carbocycles. The van der Waals surface area contributed by atoms with Gasteiger partial charge in [0, 0.05) is 6.42 Å². The molecule has 0 saturated heterocycles.